The van der Waals surface area contributed by atoms with Gasteiger partial charge in [0, 0.05) is 10.9 Å². The minimum Gasteiger partial charge on any atom is -0.480 e. The third kappa shape index (κ3) is 5.42. The van der Waals surface area contributed by atoms with E-state index in [1.165, 1.54) is 35.2 Å². The molecule has 0 spiro atoms. The molecule has 5 nitrogen and oxygen atoms in total. The predicted molar refractivity (Wildman–Crippen MR) is 113 cm³/mol. The van der Waals surface area contributed by atoms with Gasteiger partial charge in [-0.25, -0.2) is 9.37 Å². The highest BCUT2D eigenvalue weighted by Crippen LogP contribution is 2.34. The second kappa shape index (κ2) is 8.75. The number of nitrogens with one attached hydrogen (secondary N) is 1. The molecule has 1 heterocycles. The predicted octanol–water partition coefficient (Wildman–Crippen LogP) is 4.83. The lowest BCUT2D eigenvalue weighted by molar-refractivity contribution is -0.138. The van der Waals surface area contributed by atoms with Crippen LogP contribution in [0.5, 0.6) is 0 Å². The minimum atomic E-state index is -0.968. The number of aliphatic carboxylic acids is 1. The number of carbonyl (C=O) groups is 2. The van der Waals surface area contributed by atoms with Gasteiger partial charge >= 0.3 is 5.97 Å². The molecule has 0 saturated heterocycles. The van der Waals surface area contributed by atoms with E-state index >= 15 is 0 Å². The number of thioether (sulfide) groups is 1. The molecule has 3 aromatic rings. The van der Waals surface area contributed by atoms with Gasteiger partial charge in [0.15, 0.2) is 4.34 Å². The van der Waals surface area contributed by atoms with Gasteiger partial charge in [0.25, 0.3) is 5.91 Å². The topological polar surface area (TPSA) is 79.3 Å². The van der Waals surface area contributed by atoms with Crippen molar-refractivity contribution in [3.8, 4) is 11.1 Å². The van der Waals surface area contributed by atoms with Crippen LogP contribution in [-0.2, 0) is 11.3 Å². The maximum absolute atomic E-state index is 13.0. The van der Waals surface area contributed by atoms with Crippen LogP contribution in [0.3, 0.4) is 0 Å². The first kappa shape index (κ1) is 21.0. The van der Waals surface area contributed by atoms with Gasteiger partial charge in [0.05, 0.1) is 12.2 Å². The Balaban J connectivity index is 1.58. The van der Waals surface area contributed by atoms with Gasteiger partial charge in [-0.2, -0.15) is 0 Å². The summed E-state index contributed by atoms with van der Waals surface area (Å²) in [6.45, 7) is 3.50. The number of carboxylic acid groups (broad SMARTS) is 1. The fraction of sp³-hybridized carbons (Fsp3) is 0.190. The number of hydrogen-bond acceptors (Lipinski definition) is 5. The fourth-order valence-electron chi connectivity index (χ4n) is 2.41. The minimum absolute atomic E-state index is 0.233. The normalized spacial score (nSPS) is 11.3. The maximum Gasteiger partial charge on any atom is 0.319 e. The summed E-state index contributed by atoms with van der Waals surface area (Å²) in [5.41, 5.74) is 2.95. The molecular weight excluding hydrogens is 411 g/mol. The number of halogens is 1. The number of carboxylic acids is 1. The van der Waals surface area contributed by atoms with Gasteiger partial charge in [-0.3, -0.25) is 9.59 Å². The Morgan fingerprint density at radius 2 is 1.69 bits per heavy atom. The van der Waals surface area contributed by atoms with Crippen LogP contribution in [0, 0.1) is 5.82 Å². The summed E-state index contributed by atoms with van der Waals surface area (Å²) >= 11 is 2.53. The van der Waals surface area contributed by atoms with Crippen molar-refractivity contribution < 1.29 is 19.1 Å². The van der Waals surface area contributed by atoms with Gasteiger partial charge in [0.2, 0.25) is 0 Å². The number of benzene rings is 2. The first-order valence-corrected chi connectivity index (χ1v) is 10.5. The molecule has 0 aliphatic carbocycles. The summed E-state index contributed by atoms with van der Waals surface area (Å²) in [6, 6.07) is 13.2. The van der Waals surface area contributed by atoms with Crippen molar-refractivity contribution in [2.75, 3.05) is 0 Å². The molecule has 0 aliphatic rings. The molecule has 0 saturated carbocycles. The van der Waals surface area contributed by atoms with Gasteiger partial charge in [-0.05, 0) is 49.2 Å². The van der Waals surface area contributed by atoms with Crippen LogP contribution >= 0.6 is 23.1 Å². The molecule has 1 aromatic heterocycles. The van der Waals surface area contributed by atoms with E-state index in [1.807, 2.05) is 12.1 Å². The van der Waals surface area contributed by atoms with Gasteiger partial charge < -0.3 is 10.4 Å². The van der Waals surface area contributed by atoms with E-state index in [0.717, 1.165) is 11.1 Å². The molecule has 0 fully saturated rings. The third-order valence-electron chi connectivity index (χ3n) is 4.14. The average Bonchev–Trinajstić information content (AvgIpc) is 3.13. The molecule has 0 atom stereocenters. The molecule has 0 bridgehead atoms. The summed E-state index contributed by atoms with van der Waals surface area (Å²) in [4.78, 5) is 28.0. The van der Waals surface area contributed by atoms with E-state index in [-0.39, 0.29) is 18.3 Å². The van der Waals surface area contributed by atoms with Crippen LogP contribution < -0.4 is 5.32 Å². The molecule has 29 heavy (non-hydrogen) atoms. The zero-order chi connectivity index (χ0) is 21.0. The van der Waals surface area contributed by atoms with Gasteiger partial charge in [-0.15, -0.1) is 11.3 Å². The molecule has 0 aliphatic heterocycles. The van der Waals surface area contributed by atoms with Crippen molar-refractivity contribution in [1.29, 1.82) is 0 Å². The van der Waals surface area contributed by atoms with Gasteiger partial charge in [-0.1, -0.05) is 36.0 Å². The van der Waals surface area contributed by atoms with Crippen LogP contribution in [0.25, 0.3) is 11.1 Å². The van der Waals surface area contributed by atoms with E-state index in [0.29, 0.717) is 15.6 Å². The number of aromatic nitrogens is 1. The first-order chi connectivity index (χ1) is 13.7. The number of rotatable bonds is 7. The van der Waals surface area contributed by atoms with Crippen molar-refractivity contribution in [1.82, 2.24) is 10.3 Å². The van der Waals surface area contributed by atoms with Crippen LogP contribution in [-0.4, -0.2) is 26.7 Å². The zero-order valence-corrected chi connectivity index (χ0v) is 17.4. The van der Waals surface area contributed by atoms with Crippen molar-refractivity contribution in [2.45, 2.75) is 29.5 Å². The largest absolute Gasteiger partial charge is 0.480 e. The highest BCUT2D eigenvalue weighted by molar-refractivity contribution is 8.02. The number of amides is 1. The smallest absolute Gasteiger partial charge is 0.319 e. The molecule has 8 heteroatoms. The van der Waals surface area contributed by atoms with E-state index < -0.39 is 10.7 Å². The van der Waals surface area contributed by atoms with E-state index in [1.54, 1.807) is 43.5 Å². The molecule has 2 aromatic carbocycles. The zero-order valence-electron chi connectivity index (χ0n) is 15.8. The van der Waals surface area contributed by atoms with Crippen LogP contribution in [0.4, 0.5) is 4.39 Å². The molecule has 150 valence electrons. The van der Waals surface area contributed by atoms with E-state index in [2.05, 4.69) is 10.3 Å². The third-order valence-corrected chi connectivity index (χ3v) is 6.32. The second-order valence-corrected chi connectivity index (χ2v) is 9.52. The van der Waals surface area contributed by atoms with Crippen molar-refractivity contribution in [2.24, 2.45) is 0 Å². The Labute approximate surface area is 176 Å². The highest BCUT2D eigenvalue weighted by Gasteiger charge is 2.29. The second-order valence-electron chi connectivity index (χ2n) is 6.79. The summed E-state index contributed by atoms with van der Waals surface area (Å²) in [6.07, 6.45) is 0. The Morgan fingerprint density at radius 1 is 1.10 bits per heavy atom. The number of hydrogen-bond donors (Lipinski definition) is 2. The fourth-order valence-corrected chi connectivity index (χ4v) is 4.60. The lowest BCUT2D eigenvalue weighted by atomic mass is 10.0. The van der Waals surface area contributed by atoms with Crippen molar-refractivity contribution >= 4 is 35.0 Å². The Kier molecular flexibility index (Phi) is 6.34. The molecule has 0 radical (unpaired) electrons. The van der Waals surface area contributed by atoms with Crippen molar-refractivity contribution in [3.63, 3.8) is 0 Å². The quantitative estimate of drug-likeness (QED) is 0.525. The van der Waals surface area contributed by atoms with Crippen LogP contribution in [0.2, 0.25) is 0 Å². The Morgan fingerprint density at radius 3 is 2.28 bits per heavy atom. The molecular formula is C21H19FN2O3S2. The number of carbonyl (C=O) groups excluding carboxylic acids is 1. The van der Waals surface area contributed by atoms with Crippen LogP contribution in [0.1, 0.15) is 29.9 Å². The number of nitrogens with zero attached hydrogens (tertiary/aromatic N) is 1. The molecule has 1 amide bonds. The summed E-state index contributed by atoms with van der Waals surface area (Å²) in [7, 11) is 0. The Bertz CT molecular complexity index is 1020. The lowest BCUT2D eigenvalue weighted by Gasteiger charge is -2.15. The average molecular weight is 431 g/mol. The van der Waals surface area contributed by atoms with Gasteiger partial charge in [0.1, 0.15) is 10.6 Å². The maximum atomic E-state index is 13.0. The molecule has 3 rings (SSSR count). The van der Waals surface area contributed by atoms with E-state index in [4.69, 9.17) is 0 Å². The Hall–Kier alpha value is -2.71. The van der Waals surface area contributed by atoms with Crippen LogP contribution in [0.15, 0.2) is 58.3 Å². The monoisotopic (exact) mass is 430 g/mol. The van der Waals surface area contributed by atoms with E-state index in [9.17, 15) is 19.1 Å². The SMILES string of the molecule is CC(C)(Sc1nc(CNC(=O)c2ccc(-c3ccc(F)cc3)cc2)cs1)C(=O)O. The lowest BCUT2D eigenvalue weighted by Crippen LogP contribution is -2.26. The summed E-state index contributed by atoms with van der Waals surface area (Å²) in [5.74, 6) is -1.43. The first-order valence-electron chi connectivity index (χ1n) is 8.75. The summed E-state index contributed by atoms with van der Waals surface area (Å²) < 4.78 is 12.7. The highest BCUT2D eigenvalue weighted by atomic mass is 32.2. The summed E-state index contributed by atoms with van der Waals surface area (Å²) in [5, 5.41) is 13.8. The molecule has 0 unspecified atom stereocenters. The number of thiazole rings is 1. The van der Waals surface area contributed by atoms with Crippen molar-refractivity contribution in [3.05, 3.63) is 71.0 Å². The molecule has 2 N–H and O–H groups in total. The standard InChI is InChI=1S/C21H19FN2O3S2/c1-21(2,19(26)27)29-20-24-17(12-28-20)11-23-18(25)15-5-3-13(4-6-15)14-7-9-16(22)10-8-14/h3-10,12H,11H2,1-2H3,(H,23,25)(H,26,27).